The van der Waals surface area contributed by atoms with Crippen LogP contribution in [0.4, 0.5) is 18.0 Å². The molecule has 0 bridgehead atoms. The largest absolute Gasteiger partial charge is 0.512 e. The minimum Gasteiger partial charge on any atom is -0.475 e. The van der Waals surface area contributed by atoms with Crippen molar-refractivity contribution in [2.45, 2.75) is 24.7 Å². The standard InChI is InChI=1S/C12H11N3O4.C2HF3O2/c13-4-1-2-7-6-3-5-14-8-9(6)15(10(8)16)11(7)19-12(17)18;3-2(4,5)1(6)7/h1-2,6,8-9,14H,3,5H2,(H,17,18);(H,6,7)/b2-1-;/t6?,8-,9+;/m0./s1. The zero-order valence-electron chi connectivity index (χ0n) is 12.9. The summed E-state index contributed by atoms with van der Waals surface area (Å²) in [7, 11) is 0. The number of carboxylic acids is 1. The van der Waals surface area contributed by atoms with Gasteiger partial charge in [0.1, 0.15) is 6.04 Å². The first-order valence-electron chi connectivity index (χ1n) is 7.17. The maximum atomic E-state index is 11.9. The molecule has 12 heteroatoms. The van der Waals surface area contributed by atoms with E-state index in [1.165, 1.54) is 17.1 Å². The number of ether oxygens (including phenoxy) is 1. The Morgan fingerprint density at radius 2 is 2.00 bits per heavy atom. The van der Waals surface area contributed by atoms with E-state index in [9.17, 15) is 22.8 Å². The van der Waals surface area contributed by atoms with E-state index in [0.717, 1.165) is 6.42 Å². The molecule has 0 radical (unpaired) electrons. The molecule has 3 atom stereocenters. The molecule has 2 fully saturated rings. The number of nitrogens with zero attached hydrogens (tertiary/aromatic N) is 2. The van der Waals surface area contributed by atoms with Crippen molar-refractivity contribution in [3.8, 4) is 6.07 Å². The predicted molar refractivity (Wildman–Crippen MR) is 75.1 cm³/mol. The fraction of sp³-hybridized carbons (Fsp3) is 0.429. The van der Waals surface area contributed by atoms with Crippen LogP contribution in [0.1, 0.15) is 6.42 Å². The highest BCUT2D eigenvalue weighted by molar-refractivity contribution is 5.93. The van der Waals surface area contributed by atoms with Crippen LogP contribution in [0.2, 0.25) is 0 Å². The Hall–Kier alpha value is -3.07. The Labute approximate surface area is 143 Å². The van der Waals surface area contributed by atoms with Gasteiger partial charge in [0, 0.05) is 17.6 Å². The van der Waals surface area contributed by atoms with Crippen LogP contribution in [0.15, 0.2) is 23.6 Å². The number of amides is 1. The number of alkyl halides is 3. The molecule has 140 valence electrons. The molecule has 3 aliphatic rings. The Morgan fingerprint density at radius 3 is 2.50 bits per heavy atom. The smallest absolute Gasteiger partial charge is 0.475 e. The third-order valence-corrected chi connectivity index (χ3v) is 4.00. The average molecular weight is 375 g/mol. The number of halogens is 3. The Bertz CT molecular complexity index is 739. The molecule has 0 aromatic carbocycles. The Balaban J connectivity index is 0.000000298. The number of nitrogens with one attached hydrogen (secondary N) is 1. The molecule has 0 saturated carbocycles. The van der Waals surface area contributed by atoms with Gasteiger partial charge in [-0.2, -0.15) is 18.4 Å². The molecule has 3 N–H and O–H groups in total. The lowest BCUT2D eigenvalue weighted by Gasteiger charge is -2.48. The number of piperidine rings is 1. The van der Waals surface area contributed by atoms with Gasteiger partial charge in [0.15, 0.2) is 0 Å². The summed E-state index contributed by atoms with van der Waals surface area (Å²) in [4.78, 5) is 33.0. The molecule has 0 spiro atoms. The number of hydrogen-bond acceptors (Lipinski definition) is 6. The normalized spacial score (nSPS) is 26.5. The van der Waals surface area contributed by atoms with Gasteiger partial charge in [-0.1, -0.05) is 0 Å². The molecular weight excluding hydrogens is 363 g/mol. The topological polar surface area (TPSA) is 140 Å². The maximum Gasteiger partial charge on any atom is 0.512 e. The van der Waals surface area contributed by atoms with Gasteiger partial charge in [-0.05, 0) is 19.0 Å². The van der Waals surface area contributed by atoms with E-state index in [1.807, 2.05) is 6.07 Å². The highest BCUT2D eigenvalue weighted by Crippen LogP contribution is 2.46. The number of aliphatic carboxylic acids is 1. The van der Waals surface area contributed by atoms with Gasteiger partial charge in [0.2, 0.25) is 11.8 Å². The fourth-order valence-electron chi connectivity index (χ4n) is 3.08. The lowest BCUT2D eigenvalue weighted by Crippen LogP contribution is -2.71. The van der Waals surface area contributed by atoms with Crippen LogP contribution in [0.25, 0.3) is 0 Å². The van der Waals surface area contributed by atoms with Crippen molar-refractivity contribution >= 4 is 18.0 Å². The summed E-state index contributed by atoms with van der Waals surface area (Å²) in [6.45, 7) is 0.690. The van der Waals surface area contributed by atoms with Gasteiger partial charge in [-0.15, -0.1) is 0 Å². The summed E-state index contributed by atoms with van der Waals surface area (Å²) in [5.41, 5.74) is 0.617. The zero-order chi connectivity index (χ0) is 19.6. The summed E-state index contributed by atoms with van der Waals surface area (Å²) in [6.07, 6.45) is -2.95. The monoisotopic (exact) mass is 375 g/mol. The molecule has 2 saturated heterocycles. The van der Waals surface area contributed by atoms with Crippen molar-refractivity contribution in [1.29, 1.82) is 5.26 Å². The number of hydrogen-bond donors (Lipinski definition) is 3. The number of allylic oxidation sites excluding steroid dienone is 2. The van der Waals surface area contributed by atoms with Gasteiger partial charge < -0.3 is 20.3 Å². The quantitative estimate of drug-likeness (QED) is 0.366. The van der Waals surface area contributed by atoms with Crippen LogP contribution < -0.4 is 5.32 Å². The fourth-order valence-corrected chi connectivity index (χ4v) is 3.08. The summed E-state index contributed by atoms with van der Waals surface area (Å²) in [5, 5.41) is 27.6. The van der Waals surface area contributed by atoms with Crippen molar-refractivity contribution in [1.82, 2.24) is 10.2 Å². The van der Waals surface area contributed by atoms with Crippen LogP contribution in [0, 0.1) is 17.2 Å². The van der Waals surface area contributed by atoms with Crippen molar-refractivity contribution in [3.63, 3.8) is 0 Å². The summed E-state index contributed by atoms with van der Waals surface area (Å²) in [6, 6.07) is 1.51. The lowest BCUT2D eigenvalue weighted by molar-refractivity contribution is -0.192. The molecule has 3 aliphatic heterocycles. The van der Waals surface area contributed by atoms with E-state index >= 15 is 0 Å². The molecule has 9 nitrogen and oxygen atoms in total. The van der Waals surface area contributed by atoms with Crippen LogP contribution in [-0.4, -0.2) is 57.9 Å². The van der Waals surface area contributed by atoms with Crippen molar-refractivity contribution < 1.29 is 42.5 Å². The van der Waals surface area contributed by atoms with E-state index in [4.69, 9.17) is 25.0 Å². The molecule has 0 aliphatic carbocycles. The second-order valence-electron chi connectivity index (χ2n) is 5.42. The summed E-state index contributed by atoms with van der Waals surface area (Å²) in [5.74, 6) is -2.85. The second kappa shape index (κ2) is 7.04. The third-order valence-electron chi connectivity index (χ3n) is 4.00. The van der Waals surface area contributed by atoms with Crippen LogP contribution in [0.3, 0.4) is 0 Å². The van der Waals surface area contributed by atoms with Gasteiger partial charge in [-0.3, -0.25) is 9.69 Å². The summed E-state index contributed by atoms with van der Waals surface area (Å²) < 4.78 is 36.5. The molecule has 0 aromatic rings. The SMILES string of the molecule is N#C/C=C\C1=C(OC(=O)O)N2C(=O)[C@H]3NCCC1[C@H]32.O=C(O)C(F)(F)F. The Kier molecular flexibility index (Phi) is 5.22. The van der Waals surface area contributed by atoms with Crippen LogP contribution in [0.5, 0.6) is 0 Å². The van der Waals surface area contributed by atoms with Gasteiger partial charge in [0.25, 0.3) is 0 Å². The van der Waals surface area contributed by atoms with E-state index in [-0.39, 0.29) is 29.8 Å². The van der Waals surface area contributed by atoms with E-state index < -0.39 is 18.3 Å². The van der Waals surface area contributed by atoms with Gasteiger partial charge in [-0.25, -0.2) is 9.59 Å². The molecule has 0 aromatic heterocycles. The van der Waals surface area contributed by atoms with Crippen molar-refractivity contribution in [2.24, 2.45) is 5.92 Å². The Morgan fingerprint density at radius 1 is 1.38 bits per heavy atom. The first-order valence-corrected chi connectivity index (χ1v) is 7.17. The number of rotatable bonds is 2. The number of carbonyl (C=O) groups excluding carboxylic acids is 1. The minimum absolute atomic E-state index is 0.0305. The molecule has 1 amide bonds. The number of β-lactam (4-membered cyclic amide) rings is 1. The van der Waals surface area contributed by atoms with Crippen molar-refractivity contribution in [3.05, 3.63) is 23.6 Å². The predicted octanol–water partition coefficient (Wildman–Crippen LogP) is 0.808. The minimum atomic E-state index is -5.08. The zero-order valence-corrected chi connectivity index (χ0v) is 12.9. The van der Waals surface area contributed by atoms with Gasteiger partial charge >= 0.3 is 18.3 Å². The number of nitriles is 1. The highest BCUT2D eigenvalue weighted by atomic mass is 19.4. The van der Waals surface area contributed by atoms with E-state index in [2.05, 4.69) is 5.32 Å². The molecule has 3 heterocycles. The second-order valence-corrected chi connectivity index (χ2v) is 5.42. The first kappa shape index (κ1) is 19.3. The highest BCUT2D eigenvalue weighted by Gasteiger charge is 2.60. The van der Waals surface area contributed by atoms with Crippen molar-refractivity contribution in [2.75, 3.05) is 6.54 Å². The third kappa shape index (κ3) is 3.47. The average Bonchev–Trinajstić information content (AvgIpc) is 2.83. The number of carboxylic acid groups (broad SMARTS) is 2. The van der Waals surface area contributed by atoms with E-state index in [0.29, 0.717) is 12.1 Å². The van der Waals surface area contributed by atoms with Gasteiger partial charge in [0.05, 0.1) is 12.1 Å². The first-order chi connectivity index (χ1) is 12.1. The number of carbonyl (C=O) groups is 3. The summed E-state index contributed by atoms with van der Waals surface area (Å²) >= 11 is 0. The van der Waals surface area contributed by atoms with Crippen LogP contribution >= 0.6 is 0 Å². The van der Waals surface area contributed by atoms with E-state index in [1.54, 1.807) is 0 Å². The molecule has 1 unspecified atom stereocenters. The lowest BCUT2D eigenvalue weighted by atomic mass is 9.79. The maximum absolute atomic E-state index is 11.9. The molecule has 26 heavy (non-hydrogen) atoms. The molecule has 3 rings (SSSR count). The molecular formula is C14H12F3N3O6. The van der Waals surface area contributed by atoms with Crippen LogP contribution in [-0.2, 0) is 14.3 Å².